The highest BCUT2D eigenvalue weighted by Crippen LogP contribution is 2.18. The van der Waals surface area contributed by atoms with E-state index in [4.69, 9.17) is 0 Å². The van der Waals surface area contributed by atoms with Gasteiger partial charge in [-0.25, -0.2) is 5.32 Å². The molecule has 0 aliphatic carbocycles. The maximum Gasteiger partial charge on any atom is 0.0648 e. The van der Waals surface area contributed by atoms with Crippen LogP contribution in [0.2, 0.25) is 0 Å². The Bertz CT molecular complexity index is 77.6. The van der Waals surface area contributed by atoms with E-state index in [0.717, 1.165) is 19.1 Å². The Labute approximate surface area is 56.2 Å². The van der Waals surface area contributed by atoms with Crippen LogP contribution in [0.5, 0.6) is 0 Å². The zero-order valence-corrected chi connectivity index (χ0v) is 5.71. The Hall–Kier alpha value is -0.0800. The number of piperidine rings is 1. The molecule has 0 amide bonds. The van der Waals surface area contributed by atoms with Gasteiger partial charge >= 0.3 is 0 Å². The van der Waals surface area contributed by atoms with Gasteiger partial charge < -0.3 is 0 Å². The van der Waals surface area contributed by atoms with Crippen LogP contribution < -0.4 is 5.32 Å². The Morgan fingerprint density at radius 3 is 2.78 bits per heavy atom. The molecule has 51 valence electrons. The Morgan fingerprint density at radius 1 is 1.22 bits per heavy atom. The van der Waals surface area contributed by atoms with E-state index in [1.807, 2.05) is 0 Å². The molecule has 2 bridgehead atoms. The maximum atomic E-state index is 4.42. The molecule has 3 rings (SSSR count). The largest absolute Gasteiger partial charge is 0.289 e. The van der Waals surface area contributed by atoms with E-state index in [9.17, 15) is 0 Å². The number of rotatable bonds is 0. The van der Waals surface area contributed by atoms with Crippen molar-refractivity contribution in [2.24, 2.45) is 5.92 Å². The minimum absolute atomic E-state index is 0.934. The second kappa shape index (κ2) is 2.27. The van der Waals surface area contributed by atoms with Gasteiger partial charge in [0.2, 0.25) is 0 Å². The number of hydrogen-bond donors (Lipinski definition) is 0. The maximum absolute atomic E-state index is 4.42. The van der Waals surface area contributed by atoms with Crippen LogP contribution in [0.4, 0.5) is 0 Å². The molecule has 3 aliphatic rings. The van der Waals surface area contributed by atoms with Gasteiger partial charge in [-0.3, -0.25) is 4.90 Å². The SMILES string of the molecule is C1CN2CCC1C[N]C2. The molecular formula is C7H13N2. The van der Waals surface area contributed by atoms with E-state index in [1.165, 1.54) is 25.9 Å². The number of hydrogen-bond acceptors (Lipinski definition) is 1. The Balaban J connectivity index is 2.03. The predicted molar refractivity (Wildman–Crippen MR) is 36.2 cm³/mol. The summed E-state index contributed by atoms with van der Waals surface area (Å²) < 4.78 is 0. The summed E-state index contributed by atoms with van der Waals surface area (Å²) in [6.45, 7) is 4.75. The highest BCUT2D eigenvalue weighted by Gasteiger charge is 2.22. The first-order chi connectivity index (χ1) is 4.45. The minimum atomic E-state index is 0.934. The van der Waals surface area contributed by atoms with E-state index in [-0.39, 0.29) is 0 Å². The highest BCUT2D eigenvalue weighted by atomic mass is 15.2. The molecule has 0 aromatic rings. The molecule has 0 spiro atoms. The molecule has 9 heavy (non-hydrogen) atoms. The smallest absolute Gasteiger partial charge is 0.0648 e. The van der Waals surface area contributed by atoms with E-state index < -0.39 is 0 Å². The van der Waals surface area contributed by atoms with Crippen molar-refractivity contribution < 1.29 is 0 Å². The van der Waals surface area contributed by atoms with Crippen molar-refractivity contribution in [1.82, 2.24) is 10.2 Å². The van der Waals surface area contributed by atoms with Crippen molar-refractivity contribution in [3.8, 4) is 0 Å². The lowest BCUT2D eigenvalue weighted by Crippen LogP contribution is -2.31. The molecule has 0 saturated carbocycles. The lowest BCUT2D eigenvalue weighted by atomic mass is 9.99. The summed E-state index contributed by atoms with van der Waals surface area (Å²) in [4.78, 5) is 2.45. The molecule has 3 aliphatic heterocycles. The second-order valence-electron chi connectivity index (χ2n) is 3.11. The Kier molecular flexibility index (Phi) is 1.44. The molecule has 0 atom stereocenters. The average molecular weight is 125 g/mol. The van der Waals surface area contributed by atoms with Gasteiger partial charge in [-0.2, -0.15) is 0 Å². The van der Waals surface area contributed by atoms with Crippen LogP contribution in [0.15, 0.2) is 0 Å². The van der Waals surface area contributed by atoms with Crippen LogP contribution in [0.25, 0.3) is 0 Å². The standard InChI is InChI=1S/C7H13N2/c1-3-9-4-2-7(1)5-8-6-9/h7H,1-6H2. The minimum Gasteiger partial charge on any atom is -0.289 e. The van der Waals surface area contributed by atoms with Crippen molar-refractivity contribution in [3.05, 3.63) is 0 Å². The van der Waals surface area contributed by atoms with E-state index >= 15 is 0 Å². The van der Waals surface area contributed by atoms with Gasteiger partial charge in [0.1, 0.15) is 0 Å². The quantitative estimate of drug-likeness (QED) is 0.454. The van der Waals surface area contributed by atoms with Crippen molar-refractivity contribution in [1.29, 1.82) is 0 Å². The van der Waals surface area contributed by atoms with Gasteiger partial charge in [-0.1, -0.05) is 0 Å². The molecule has 0 unspecified atom stereocenters. The molecule has 3 fully saturated rings. The number of fused-ring (bicyclic) bond motifs is 4. The van der Waals surface area contributed by atoms with Crippen molar-refractivity contribution in [3.63, 3.8) is 0 Å². The molecule has 2 heteroatoms. The summed E-state index contributed by atoms with van der Waals surface area (Å²) in [5, 5.41) is 4.42. The highest BCUT2D eigenvalue weighted by molar-refractivity contribution is 4.76. The first kappa shape index (κ1) is 5.69. The third kappa shape index (κ3) is 1.10. The summed E-state index contributed by atoms with van der Waals surface area (Å²) in [6.07, 6.45) is 2.78. The fourth-order valence-corrected chi connectivity index (χ4v) is 1.69. The normalized spacial score (nSPS) is 42.7. The predicted octanol–water partition coefficient (Wildman–Crippen LogP) is 0.274. The van der Waals surface area contributed by atoms with Crippen LogP contribution in [-0.4, -0.2) is 31.2 Å². The van der Waals surface area contributed by atoms with Gasteiger partial charge in [0.25, 0.3) is 0 Å². The van der Waals surface area contributed by atoms with Gasteiger partial charge in [0, 0.05) is 6.54 Å². The topological polar surface area (TPSA) is 17.3 Å². The summed E-state index contributed by atoms with van der Waals surface area (Å²) in [7, 11) is 0. The monoisotopic (exact) mass is 125 g/mol. The van der Waals surface area contributed by atoms with Crippen LogP contribution >= 0.6 is 0 Å². The first-order valence-electron chi connectivity index (χ1n) is 3.81. The molecule has 3 heterocycles. The third-order valence-electron chi connectivity index (χ3n) is 2.39. The second-order valence-corrected chi connectivity index (χ2v) is 3.11. The summed E-state index contributed by atoms with van der Waals surface area (Å²) in [5.74, 6) is 0.934. The Morgan fingerprint density at radius 2 is 2.00 bits per heavy atom. The fraction of sp³-hybridized carbons (Fsp3) is 1.00. The molecule has 0 aromatic carbocycles. The van der Waals surface area contributed by atoms with Crippen LogP contribution in [0.1, 0.15) is 12.8 Å². The summed E-state index contributed by atoms with van der Waals surface area (Å²) in [6, 6.07) is 0. The van der Waals surface area contributed by atoms with Crippen molar-refractivity contribution in [2.45, 2.75) is 12.8 Å². The van der Waals surface area contributed by atoms with Gasteiger partial charge in [0.15, 0.2) is 0 Å². The van der Waals surface area contributed by atoms with E-state index in [0.29, 0.717) is 0 Å². The molecule has 0 N–H and O–H groups in total. The van der Waals surface area contributed by atoms with Gasteiger partial charge in [-0.05, 0) is 31.8 Å². The molecule has 1 radical (unpaired) electrons. The summed E-state index contributed by atoms with van der Waals surface area (Å²) in [5.41, 5.74) is 0. The van der Waals surface area contributed by atoms with Crippen LogP contribution in [-0.2, 0) is 0 Å². The third-order valence-corrected chi connectivity index (χ3v) is 2.39. The van der Waals surface area contributed by atoms with Gasteiger partial charge in [-0.15, -0.1) is 0 Å². The lowest BCUT2D eigenvalue weighted by Gasteiger charge is -2.24. The van der Waals surface area contributed by atoms with Crippen molar-refractivity contribution >= 4 is 0 Å². The number of nitrogens with zero attached hydrogens (tertiary/aromatic N) is 2. The van der Waals surface area contributed by atoms with Crippen molar-refractivity contribution in [2.75, 3.05) is 26.3 Å². The zero-order valence-electron chi connectivity index (χ0n) is 5.71. The fourth-order valence-electron chi connectivity index (χ4n) is 1.69. The zero-order chi connectivity index (χ0) is 6.10. The van der Waals surface area contributed by atoms with Crippen LogP contribution in [0, 0.1) is 5.92 Å². The molecule has 2 nitrogen and oxygen atoms in total. The van der Waals surface area contributed by atoms with Gasteiger partial charge in [0.05, 0.1) is 6.67 Å². The molecule has 0 aromatic heterocycles. The summed E-state index contributed by atoms with van der Waals surface area (Å²) >= 11 is 0. The molecule has 3 saturated heterocycles. The average Bonchev–Trinajstić information content (AvgIpc) is 2.21. The van der Waals surface area contributed by atoms with E-state index in [2.05, 4.69) is 10.2 Å². The first-order valence-corrected chi connectivity index (χ1v) is 3.81. The lowest BCUT2D eigenvalue weighted by molar-refractivity contribution is 0.223. The van der Waals surface area contributed by atoms with E-state index in [1.54, 1.807) is 0 Å². The van der Waals surface area contributed by atoms with Crippen LogP contribution in [0.3, 0.4) is 0 Å². The molecular weight excluding hydrogens is 112 g/mol.